The van der Waals surface area contributed by atoms with E-state index in [0.29, 0.717) is 29.4 Å². The second-order valence-corrected chi connectivity index (χ2v) is 7.67. The smallest absolute Gasteiger partial charge is 0.341 e. The van der Waals surface area contributed by atoms with Crippen LogP contribution in [0.1, 0.15) is 35.7 Å². The summed E-state index contributed by atoms with van der Waals surface area (Å²) in [6.45, 7) is 6.32. The number of hydrogen-bond donors (Lipinski definition) is 0. The summed E-state index contributed by atoms with van der Waals surface area (Å²) in [4.78, 5) is 30.8. The molecule has 2 atom stereocenters. The van der Waals surface area contributed by atoms with Crippen LogP contribution in [0.3, 0.4) is 0 Å². The van der Waals surface area contributed by atoms with Crippen molar-refractivity contribution in [2.75, 3.05) is 19.7 Å². The minimum absolute atomic E-state index is 0.0371. The molecule has 0 aliphatic carbocycles. The first-order valence-corrected chi connectivity index (χ1v) is 10.0. The monoisotopic (exact) mass is 405 g/mol. The van der Waals surface area contributed by atoms with Crippen molar-refractivity contribution in [2.45, 2.75) is 43.8 Å². The molecule has 2 aromatic heterocycles. The fraction of sp³-hybridized carbons (Fsp3) is 0.474. The number of thioether (sulfide) groups is 1. The molecule has 1 aliphatic rings. The minimum atomic E-state index is -0.574. The van der Waals surface area contributed by atoms with Gasteiger partial charge < -0.3 is 18.9 Å². The maximum absolute atomic E-state index is 12.5. The van der Waals surface area contributed by atoms with E-state index in [2.05, 4.69) is 10.1 Å². The summed E-state index contributed by atoms with van der Waals surface area (Å²) >= 11 is 1.36. The molecule has 9 heteroatoms. The fourth-order valence-electron chi connectivity index (χ4n) is 2.97. The lowest BCUT2D eigenvalue weighted by atomic mass is 10.2. The number of aromatic nitrogens is 2. The van der Waals surface area contributed by atoms with Crippen LogP contribution in [0.15, 0.2) is 33.9 Å². The largest absolute Gasteiger partial charge is 0.452 e. The Morgan fingerprint density at radius 2 is 2.07 bits per heavy atom. The summed E-state index contributed by atoms with van der Waals surface area (Å²) < 4.78 is 15.9. The van der Waals surface area contributed by atoms with Gasteiger partial charge in [-0.1, -0.05) is 16.9 Å². The topological polar surface area (TPSA) is 94.8 Å². The van der Waals surface area contributed by atoms with Crippen LogP contribution in [0.25, 0.3) is 0 Å². The summed E-state index contributed by atoms with van der Waals surface area (Å²) in [5.74, 6) is 0.430. The number of morpholine rings is 1. The molecule has 8 nitrogen and oxygen atoms in total. The lowest BCUT2D eigenvalue weighted by Gasteiger charge is -2.35. The second kappa shape index (κ2) is 9.20. The van der Waals surface area contributed by atoms with E-state index in [1.165, 1.54) is 11.8 Å². The maximum atomic E-state index is 12.5. The third kappa shape index (κ3) is 5.32. The van der Waals surface area contributed by atoms with Gasteiger partial charge in [0, 0.05) is 31.1 Å². The van der Waals surface area contributed by atoms with Gasteiger partial charge in [-0.15, -0.1) is 0 Å². The molecule has 1 amide bonds. The number of rotatable bonds is 6. The molecule has 3 rings (SSSR count). The Labute approximate surface area is 167 Å². The molecule has 0 bridgehead atoms. The van der Waals surface area contributed by atoms with Gasteiger partial charge in [0.2, 0.25) is 0 Å². The highest BCUT2D eigenvalue weighted by atomic mass is 32.2. The normalized spacial score (nSPS) is 19.5. The number of nitrogens with zero attached hydrogens (tertiary/aromatic N) is 3. The minimum Gasteiger partial charge on any atom is -0.452 e. The summed E-state index contributed by atoms with van der Waals surface area (Å²) in [6, 6.07) is 5.13. The number of aryl methyl sites for hydroxylation is 1. The van der Waals surface area contributed by atoms with Gasteiger partial charge in [0.15, 0.2) is 6.61 Å². The highest BCUT2D eigenvalue weighted by molar-refractivity contribution is 7.98. The van der Waals surface area contributed by atoms with Crippen molar-refractivity contribution in [3.05, 3.63) is 41.4 Å². The van der Waals surface area contributed by atoms with E-state index in [-0.39, 0.29) is 24.7 Å². The van der Waals surface area contributed by atoms with Crippen LogP contribution in [0.4, 0.5) is 0 Å². The van der Waals surface area contributed by atoms with E-state index in [1.807, 2.05) is 26.8 Å². The van der Waals surface area contributed by atoms with Crippen LogP contribution in [0.2, 0.25) is 0 Å². The average Bonchev–Trinajstić information content (AvgIpc) is 3.09. The van der Waals surface area contributed by atoms with Gasteiger partial charge in [0.1, 0.15) is 10.8 Å². The molecular formula is C19H23N3O5S. The van der Waals surface area contributed by atoms with Crippen LogP contribution in [0.5, 0.6) is 0 Å². The second-order valence-electron chi connectivity index (χ2n) is 6.71. The molecule has 0 aromatic carbocycles. The van der Waals surface area contributed by atoms with Crippen LogP contribution in [-0.4, -0.2) is 58.8 Å². The van der Waals surface area contributed by atoms with E-state index in [0.717, 1.165) is 11.5 Å². The number of ether oxygens (including phenoxy) is 2. The zero-order chi connectivity index (χ0) is 20.1. The Morgan fingerprint density at radius 3 is 2.75 bits per heavy atom. The number of carbonyl (C=O) groups excluding carboxylic acids is 2. The van der Waals surface area contributed by atoms with Gasteiger partial charge in [0.05, 0.1) is 23.5 Å². The third-order valence-corrected chi connectivity index (χ3v) is 5.16. The van der Waals surface area contributed by atoms with E-state index >= 15 is 0 Å². The highest BCUT2D eigenvalue weighted by Gasteiger charge is 2.27. The molecule has 0 N–H and O–H groups in total. The van der Waals surface area contributed by atoms with E-state index in [1.54, 1.807) is 23.2 Å². The third-order valence-electron chi connectivity index (χ3n) is 4.12. The first-order chi connectivity index (χ1) is 13.4. The summed E-state index contributed by atoms with van der Waals surface area (Å²) in [5, 5.41) is 4.45. The van der Waals surface area contributed by atoms with Crippen LogP contribution >= 0.6 is 11.8 Å². The van der Waals surface area contributed by atoms with Crippen molar-refractivity contribution in [3.63, 3.8) is 0 Å². The first-order valence-electron chi connectivity index (χ1n) is 9.02. The average molecular weight is 405 g/mol. The van der Waals surface area contributed by atoms with Crippen molar-refractivity contribution in [1.82, 2.24) is 15.0 Å². The number of hydrogen-bond acceptors (Lipinski definition) is 8. The Hall–Kier alpha value is -2.39. The maximum Gasteiger partial charge on any atom is 0.341 e. The molecular weight excluding hydrogens is 382 g/mol. The predicted octanol–water partition coefficient (Wildman–Crippen LogP) is 2.46. The van der Waals surface area contributed by atoms with E-state index < -0.39 is 5.97 Å². The summed E-state index contributed by atoms with van der Waals surface area (Å²) in [6.07, 6.45) is 1.53. The Morgan fingerprint density at radius 1 is 1.32 bits per heavy atom. The van der Waals surface area contributed by atoms with Crippen molar-refractivity contribution in [2.24, 2.45) is 0 Å². The molecule has 150 valence electrons. The van der Waals surface area contributed by atoms with Gasteiger partial charge in [-0.25, -0.2) is 9.78 Å². The first kappa shape index (κ1) is 20.3. The number of pyridine rings is 1. The molecule has 0 saturated carbocycles. The van der Waals surface area contributed by atoms with Crippen LogP contribution in [0, 0.1) is 6.92 Å². The van der Waals surface area contributed by atoms with Crippen LogP contribution in [-0.2, 0) is 20.0 Å². The SMILES string of the molecule is Cc1cc(CSc2ncccc2C(=O)OCC(=O)N2C[C@H](C)O[C@@H](C)C2)no1. The number of esters is 1. The van der Waals surface area contributed by atoms with Crippen molar-refractivity contribution >= 4 is 23.6 Å². The van der Waals surface area contributed by atoms with Crippen LogP contribution < -0.4 is 0 Å². The van der Waals surface area contributed by atoms with E-state index in [9.17, 15) is 9.59 Å². The van der Waals surface area contributed by atoms with Gasteiger partial charge in [-0.3, -0.25) is 4.79 Å². The zero-order valence-electron chi connectivity index (χ0n) is 16.1. The molecule has 0 unspecified atom stereocenters. The van der Waals surface area contributed by atoms with E-state index in [4.69, 9.17) is 14.0 Å². The molecule has 28 heavy (non-hydrogen) atoms. The van der Waals surface area contributed by atoms with Gasteiger partial charge >= 0.3 is 5.97 Å². The number of amides is 1. The summed E-state index contributed by atoms with van der Waals surface area (Å²) in [5.41, 5.74) is 1.09. The van der Waals surface area contributed by atoms with Gasteiger partial charge in [-0.05, 0) is 32.9 Å². The Kier molecular flexibility index (Phi) is 6.69. The molecule has 0 spiro atoms. The lowest BCUT2D eigenvalue weighted by Crippen LogP contribution is -2.49. The molecule has 1 fully saturated rings. The van der Waals surface area contributed by atoms with Gasteiger partial charge in [0.25, 0.3) is 5.91 Å². The van der Waals surface area contributed by atoms with Crippen molar-refractivity contribution < 1.29 is 23.6 Å². The molecule has 1 saturated heterocycles. The zero-order valence-corrected chi connectivity index (χ0v) is 16.9. The lowest BCUT2D eigenvalue weighted by molar-refractivity contribution is -0.146. The Bertz CT molecular complexity index is 830. The van der Waals surface area contributed by atoms with Crippen molar-refractivity contribution in [1.29, 1.82) is 0 Å². The molecule has 2 aromatic rings. The quantitative estimate of drug-likeness (QED) is 0.534. The van der Waals surface area contributed by atoms with Crippen molar-refractivity contribution in [3.8, 4) is 0 Å². The number of carbonyl (C=O) groups is 2. The fourth-order valence-corrected chi connectivity index (χ4v) is 3.83. The molecule has 1 aliphatic heterocycles. The molecule has 3 heterocycles. The molecule has 0 radical (unpaired) electrons. The predicted molar refractivity (Wildman–Crippen MR) is 102 cm³/mol. The standard InChI is InChI=1S/C19H23N3O5S/c1-12-7-15(21-27-12)11-28-18-16(5-4-6-20-18)19(24)25-10-17(23)22-8-13(2)26-14(3)9-22/h4-7,13-14H,8-11H2,1-3H3/t13-,14-/m0/s1. The highest BCUT2D eigenvalue weighted by Crippen LogP contribution is 2.24. The van der Waals surface area contributed by atoms with Gasteiger partial charge in [-0.2, -0.15) is 0 Å². The Balaban J connectivity index is 1.57. The summed E-state index contributed by atoms with van der Waals surface area (Å²) in [7, 11) is 0.